The number of pyridine rings is 1. The number of fused-ring (bicyclic) bond motifs is 1. The molecule has 5 nitrogen and oxygen atoms in total. The third-order valence-electron chi connectivity index (χ3n) is 2.95. The lowest BCUT2D eigenvalue weighted by Gasteiger charge is -2.03. The van der Waals surface area contributed by atoms with E-state index in [1.165, 1.54) is 23.1 Å². The average Bonchev–Trinajstić information content (AvgIpc) is 3.07. The first-order chi connectivity index (χ1) is 9.10. The predicted molar refractivity (Wildman–Crippen MR) is 76.4 cm³/mol. The van der Waals surface area contributed by atoms with Gasteiger partial charge in [0.1, 0.15) is 5.75 Å². The lowest BCUT2D eigenvalue weighted by molar-refractivity contribution is 0.0950. The molecular formula is C12H12N2O3S2. The molecule has 0 aromatic carbocycles. The second kappa shape index (κ2) is 4.57. The molecule has 3 N–H and O–H groups in total. The van der Waals surface area contributed by atoms with E-state index in [4.69, 9.17) is 0 Å². The van der Waals surface area contributed by atoms with Gasteiger partial charge in [-0.3, -0.25) is 9.59 Å². The predicted octanol–water partition coefficient (Wildman–Crippen LogP) is 1.91. The van der Waals surface area contributed by atoms with Crippen LogP contribution in [-0.4, -0.2) is 28.3 Å². The highest BCUT2D eigenvalue weighted by atomic mass is 32.2. The van der Waals surface area contributed by atoms with Gasteiger partial charge in [0.15, 0.2) is 0 Å². The Morgan fingerprint density at radius 1 is 1.58 bits per heavy atom. The van der Waals surface area contributed by atoms with Gasteiger partial charge in [-0.25, -0.2) is 0 Å². The van der Waals surface area contributed by atoms with Crippen molar-refractivity contribution in [1.29, 1.82) is 0 Å². The molecule has 1 amide bonds. The second-order valence-electron chi connectivity index (χ2n) is 4.44. The Morgan fingerprint density at radius 2 is 2.32 bits per heavy atom. The molecular weight excluding hydrogens is 284 g/mol. The first kappa shape index (κ1) is 12.6. The zero-order valence-corrected chi connectivity index (χ0v) is 11.8. The van der Waals surface area contributed by atoms with Crippen LogP contribution in [-0.2, 0) is 0 Å². The smallest absolute Gasteiger partial charge is 0.255 e. The van der Waals surface area contributed by atoms with Crippen molar-refractivity contribution in [3.8, 4) is 5.75 Å². The Morgan fingerprint density at radius 3 is 2.95 bits per heavy atom. The summed E-state index contributed by atoms with van der Waals surface area (Å²) in [5, 5.41) is 12.7. The normalized spacial score (nSPS) is 14.8. The summed E-state index contributed by atoms with van der Waals surface area (Å²) in [5.74, 6) is -0.260. The highest BCUT2D eigenvalue weighted by Crippen LogP contribution is 2.39. The highest BCUT2D eigenvalue weighted by Gasteiger charge is 2.27. The van der Waals surface area contributed by atoms with Gasteiger partial charge in [0.2, 0.25) is 0 Å². The minimum absolute atomic E-state index is 0.0791. The molecule has 7 heteroatoms. The minimum Gasteiger partial charge on any atom is -0.506 e. The van der Waals surface area contributed by atoms with E-state index < -0.39 is 5.56 Å². The molecule has 1 fully saturated rings. The maximum absolute atomic E-state index is 12.3. The van der Waals surface area contributed by atoms with Gasteiger partial charge in [0.25, 0.3) is 11.5 Å². The van der Waals surface area contributed by atoms with E-state index in [0.29, 0.717) is 15.8 Å². The summed E-state index contributed by atoms with van der Waals surface area (Å²) in [6, 6.07) is 1.38. The van der Waals surface area contributed by atoms with Crippen molar-refractivity contribution in [2.75, 3.05) is 6.26 Å². The van der Waals surface area contributed by atoms with Gasteiger partial charge in [-0.2, -0.15) is 0 Å². The number of carbonyl (C=O) groups excluding carboxylic acids is 1. The van der Waals surface area contributed by atoms with Crippen LogP contribution in [0, 0.1) is 0 Å². The summed E-state index contributed by atoms with van der Waals surface area (Å²) in [6.45, 7) is 0. The molecule has 2 aromatic heterocycles. The van der Waals surface area contributed by atoms with E-state index in [-0.39, 0.29) is 17.7 Å². The molecule has 19 heavy (non-hydrogen) atoms. The van der Waals surface area contributed by atoms with Crippen molar-refractivity contribution in [2.24, 2.45) is 0 Å². The first-order valence-electron chi connectivity index (χ1n) is 5.83. The number of aromatic amines is 1. The van der Waals surface area contributed by atoms with Crippen molar-refractivity contribution >= 4 is 39.2 Å². The van der Waals surface area contributed by atoms with Crippen LogP contribution in [0.2, 0.25) is 0 Å². The summed E-state index contributed by atoms with van der Waals surface area (Å²) < 4.78 is 1.34. The van der Waals surface area contributed by atoms with Gasteiger partial charge in [-0.15, -0.1) is 23.1 Å². The summed E-state index contributed by atoms with van der Waals surface area (Å²) in [5.41, 5.74) is 0.487. The number of nitrogens with one attached hydrogen (secondary N) is 2. The molecule has 1 aliphatic carbocycles. The molecule has 0 spiro atoms. The zero-order chi connectivity index (χ0) is 13.6. The summed E-state index contributed by atoms with van der Waals surface area (Å²) >= 11 is 2.75. The second-order valence-corrected chi connectivity index (χ2v) is 6.53. The Balaban J connectivity index is 2.19. The monoisotopic (exact) mass is 296 g/mol. The Labute approximate surface area is 117 Å². The molecule has 3 rings (SSSR count). The summed E-state index contributed by atoms with van der Waals surface area (Å²) in [7, 11) is 0. The highest BCUT2D eigenvalue weighted by molar-refractivity contribution is 8.00. The molecule has 0 unspecified atom stereocenters. The van der Waals surface area contributed by atoms with E-state index in [2.05, 4.69) is 10.3 Å². The molecule has 0 saturated heterocycles. The van der Waals surface area contributed by atoms with E-state index in [1.807, 2.05) is 6.26 Å². The maximum Gasteiger partial charge on any atom is 0.255 e. The molecule has 0 aliphatic heterocycles. The van der Waals surface area contributed by atoms with Gasteiger partial charge in [-0.1, -0.05) is 0 Å². The molecule has 1 aliphatic rings. The number of hydrogen-bond acceptors (Lipinski definition) is 5. The molecule has 100 valence electrons. The number of thiophene rings is 1. The van der Waals surface area contributed by atoms with Gasteiger partial charge in [-0.05, 0) is 19.1 Å². The van der Waals surface area contributed by atoms with Gasteiger partial charge >= 0.3 is 0 Å². The topological polar surface area (TPSA) is 82.2 Å². The number of H-pyrrole nitrogens is 1. The van der Waals surface area contributed by atoms with Crippen LogP contribution in [0.4, 0.5) is 0 Å². The van der Waals surface area contributed by atoms with Crippen molar-refractivity contribution in [1.82, 2.24) is 10.3 Å². The quantitative estimate of drug-likeness (QED) is 0.756. The number of aromatic nitrogens is 1. The summed E-state index contributed by atoms with van der Waals surface area (Å²) in [6.07, 6.45) is 3.88. The third-order valence-corrected chi connectivity index (χ3v) is 5.28. The lowest BCUT2D eigenvalue weighted by atomic mass is 10.2. The standard InChI is InChI=1S/C12H12N2O3S2/c1-18-12-8(11(17)13-5-2-3-5)9-10(19-12)6(15)4-7(16)14-9/h4-5H,2-3H2,1H3,(H,13,17)(H2,14,15,16). The fraction of sp³-hybridized carbons (Fsp3) is 0.333. The molecule has 2 heterocycles. The van der Waals surface area contributed by atoms with Gasteiger partial charge in [0.05, 0.1) is 20.0 Å². The van der Waals surface area contributed by atoms with E-state index in [1.54, 1.807) is 0 Å². The Bertz CT molecular complexity index is 716. The average molecular weight is 296 g/mol. The molecule has 2 aromatic rings. The molecule has 0 bridgehead atoms. The maximum atomic E-state index is 12.3. The zero-order valence-electron chi connectivity index (χ0n) is 10.1. The molecule has 1 saturated carbocycles. The molecule has 0 radical (unpaired) electrons. The van der Waals surface area contributed by atoms with Crippen molar-refractivity contribution in [3.05, 3.63) is 22.0 Å². The number of carbonyl (C=O) groups is 1. The van der Waals surface area contributed by atoms with E-state index in [9.17, 15) is 14.7 Å². The van der Waals surface area contributed by atoms with Crippen LogP contribution in [0.15, 0.2) is 15.1 Å². The first-order valence-corrected chi connectivity index (χ1v) is 7.88. The van der Waals surface area contributed by atoms with Crippen molar-refractivity contribution in [2.45, 2.75) is 23.1 Å². The molecule has 0 atom stereocenters. The number of hydrogen-bond donors (Lipinski definition) is 3. The van der Waals surface area contributed by atoms with Gasteiger partial charge in [0, 0.05) is 12.1 Å². The third kappa shape index (κ3) is 2.23. The van der Waals surface area contributed by atoms with Crippen LogP contribution in [0.5, 0.6) is 5.75 Å². The SMILES string of the molecule is CSc1sc2c(O)cc(=O)[nH]c2c1C(=O)NC1CC1. The summed E-state index contributed by atoms with van der Waals surface area (Å²) in [4.78, 5) is 26.4. The van der Waals surface area contributed by atoms with Crippen LogP contribution in [0.1, 0.15) is 23.2 Å². The number of amides is 1. The number of thioether (sulfide) groups is 1. The fourth-order valence-electron chi connectivity index (χ4n) is 1.89. The van der Waals surface area contributed by atoms with Crippen LogP contribution < -0.4 is 10.9 Å². The minimum atomic E-state index is -0.407. The van der Waals surface area contributed by atoms with Crippen molar-refractivity contribution in [3.63, 3.8) is 0 Å². The van der Waals surface area contributed by atoms with Crippen LogP contribution >= 0.6 is 23.1 Å². The fourth-order valence-corrected chi connectivity index (χ4v) is 3.78. The van der Waals surface area contributed by atoms with Crippen LogP contribution in [0.25, 0.3) is 10.2 Å². The lowest BCUT2D eigenvalue weighted by Crippen LogP contribution is -2.25. The largest absolute Gasteiger partial charge is 0.506 e. The Kier molecular flexibility index (Phi) is 3.02. The number of aromatic hydroxyl groups is 1. The number of rotatable bonds is 3. The van der Waals surface area contributed by atoms with Crippen molar-refractivity contribution < 1.29 is 9.90 Å². The van der Waals surface area contributed by atoms with Crippen LogP contribution in [0.3, 0.4) is 0 Å². The van der Waals surface area contributed by atoms with E-state index >= 15 is 0 Å². The van der Waals surface area contributed by atoms with Gasteiger partial charge < -0.3 is 15.4 Å². The Hall–Kier alpha value is -1.47. The van der Waals surface area contributed by atoms with E-state index in [0.717, 1.165) is 23.1 Å².